The monoisotopic (exact) mass is 245 g/mol. The molecule has 0 saturated carbocycles. The second kappa shape index (κ2) is 16.5. The minimum atomic E-state index is 0. The number of hydrogen-bond acceptors (Lipinski definition) is 3. The van der Waals surface area contributed by atoms with E-state index in [2.05, 4.69) is 34.9 Å². The third-order valence-electron chi connectivity index (χ3n) is 1.49. The highest BCUT2D eigenvalue weighted by Gasteiger charge is 2.15. The van der Waals surface area contributed by atoms with Gasteiger partial charge in [-0.2, -0.15) is 0 Å². The molecule has 0 radical (unpaired) electrons. The van der Waals surface area contributed by atoms with Crippen LogP contribution in [0.15, 0.2) is 0 Å². The van der Waals surface area contributed by atoms with E-state index in [1.165, 1.54) is 19.3 Å². The molecule has 6 heteroatoms. The summed E-state index contributed by atoms with van der Waals surface area (Å²) in [6, 6.07) is 0. The summed E-state index contributed by atoms with van der Waals surface area (Å²) in [5.41, 5.74) is 0. The van der Waals surface area contributed by atoms with Crippen LogP contribution in [-0.2, 0) is 11.5 Å². The van der Waals surface area contributed by atoms with Gasteiger partial charge in [0.25, 0.3) is 11.5 Å². The van der Waals surface area contributed by atoms with Crippen LogP contribution in [0.25, 0.3) is 0 Å². The number of hydrogen-bond donors (Lipinski definition) is 3. The molecule has 0 aromatic heterocycles. The summed E-state index contributed by atoms with van der Waals surface area (Å²) < 4.78 is 10.3. The maximum Gasteiger partial charge on any atom is 0.259 e. The molecule has 0 aliphatic rings. The zero-order valence-electron chi connectivity index (χ0n) is 9.94. The van der Waals surface area contributed by atoms with E-state index in [-0.39, 0.29) is 20.9 Å². The van der Waals surface area contributed by atoms with Gasteiger partial charge in [0.1, 0.15) is 0 Å². The average Bonchev–Trinajstić information content (AvgIpc) is 2.17. The normalized spacial score (nSPS) is 9.60. The quantitative estimate of drug-likeness (QED) is 0.433. The lowest BCUT2D eigenvalue weighted by molar-refractivity contribution is -0.00000409. The molecule has 0 atom stereocenters. The molecule has 0 saturated heterocycles. The van der Waals surface area contributed by atoms with Gasteiger partial charge in [0.15, 0.2) is 0 Å². The molecule has 0 fully saturated rings. The summed E-state index contributed by atoms with van der Waals surface area (Å²) in [7, 11) is 0. The van der Waals surface area contributed by atoms with Crippen LogP contribution < -0.4 is 18.9 Å². The van der Waals surface area contributed by atoms with Crippen molar-refractivity contribution in [3.05, 3.63) is 0 Å². The first-order valence-electron chi connectivity index (χ1n) is 5.29. The van der Waals surface area contributed by atoms with E-state index in [9.17, 15) is 0 Å². The standard InChI is InChI=1S/C9H24N3S.2FH/c1-4-7-10-13(11-8-5-2)12-9-6-3;;/h10-12H,4-9H2,1-3H3;2*1H/q+1;;/p-1. The van der Waals surface area contributed by atoms with Crippen molar-refractivity contribution >= 4 is 11.5 Å². The van der Waals surface area contributed by atoms with Crippen molar-refractivity contribution < 1.29 is 9.41 Å². The molecule has 0 aliphatic carbocycles. The maximum absolute atomic E-state index is 3.44. The second-order valence-corrected chi connectivity index (χ2v) is 4.47. The van der Waals surface area contributed by atoms with Crippen molar-refractivity contribution in [1.82, 2.24) is 14.2 Å². The maximum atomic E-state index is 3.44. The van der Waals surface area contributed by atoms with Crippen molar-refractivity contribution in [2.75, 3.05) is 19.6 Å². The van der Waals surface area contributed by atoms with Gasteiger partial charge in [-0.3, -0.25) is 4.70 Å². The predicted octanol–water partition coefficient (Wildman–Crippen LogP) is -1.49. The molecule has 96 valence electrons. The van der Waals surface area contributed by atoms with Gasteiger partial charge >= 0.3 is 0 Å². The van der Waals surface area contributed by atoms with Gasteiger partial charge in [-0.05, 0) is 19.3 Å². The molecule has 0 bridgehead atoms. The number of halogens is 2. The summed E-state index contributed by atoms with van der Waals surface area (Å²) in [4.78, 5) is 0. The fraction of sp³-hybridized carbons (Fsp3) is 1.00. The summed E-state index contributed by atoms with van der Waals surface area (Å²) in [6.45, 7) is 9.81. The highest BCUT2D eigenvalue weighted by atomic mass is 32.2. The van der Waals surface area contributed by atoms with Crippen LogP contribution in [0.2, 0.25) is 0 Å². The molecule has 0 rings (SSSR count). The van der Waals surface area contributed by atoms with E-state index in [1.54, 1.807) is 0 Å². The highest BCUT2D eigenvalue weighted by Crippen LogP contribution is 1.84. The predicted molar refractivity (Wildman–Crippen MR) is 64.7 cm³/mol. The summed E-state index contributed by atoms with van der Waals surface area (Å²) >= 11 is 0.0259. The van der Waals surface area contributed by atoms with Crippen LogP contribution in [0.3, 0.4) is 0 Å². The molecule has 0 unspecified atom stereocenters. The molecule has 15 heavy (non-hydrogen) atoms. The second-order valence-electron chi connectivity index (χ2n) is 2.99. The Morgan fingerprint density at radius 2 is 1.00 bits per heavy atom. The third kappa shape index (κ3) is 14.1. The van der Waals surface area contributed by atoms with E-state index < -0.39 is 0 Å². The van der Waals surface area contributed by atoms with E-state index in [0.717, 1.165) is 19.6 Å². The summed E-state index contributed by atoms with van der Waals surface area (Å²) in [5, 5.41) is 0. The summed E-state index contributed by atoms with van der Waals surface area (Å²) in [6.07, 6.45) is 3.56. The molecule has 0 spiro atoms. The van der Waals surface area contributed by atoms with Crippen LogP contribution in [0.5, 0.6) is 0 Å². The van der Waals surface area contributed by atoms with Gasteiger partial charge in [-0.25, -0.2) is 0 Å². The minimum Gasteiger partial charge on any atom is -1.00 e. The zero-order valence-corrected chi connectivity index (χ0v) is 10.8. The Balaban J connectivity index is -0.000000720. The first kappa shape index (κ1) is 20.5. The SMILES string of the molecule is CCCN[S+](NCCC)NCCC.F.[F-]. The fourth-order valence-electron chi connectivity index (χ4n) is 0.765. The van der Waals surface area contributed by atoms with Gasteiger partial charge in [0.2, 0.25) is 0 Å². The van der Waals surface area contributed by atoms with Crippen LogP contribution in [0.4, 0.5) is 4.70 Å². The Labute approximate surface area is 95.3 Å². The first-order chi connectivity index (χ1) is 6.35. The van der Waals surface area contributed by atoms with Crippen LogP contribution in [-0.4, -0.2) is 19.6 Å². The lowest BCUT2D eigenvalue weighted by Gasteiger charge is -2.07. The first-order valence-corrected chi connectivity index (χ1v) is 6.52. The van der Waals surface area contributed by atoms with E-state index >= 15 is 0 Å². The smallest absolute Gasteiger partial charge is 0.259 e. The van der Waals surface area contributed by atoms with Gasteiger partial charge in [0.05, 0.1) is 0 Å². The van der Waals surface area contributed by atoms with E-state index in [0.29, 0.717) is 0 Å². The Hall–Kier alpha value is 0.0900. The van der Waals surface area contributed by atoms with Crippen molar-refractivity contribution in [2.45, 2.75) is 40.0 Å². The lowest BCUT2D eigenvalue weighted by atomic mass is 10.5. The van der Waals surface area contributed by atoms with Crippen molar-refractivity contribution in [3.8, 4) is 0 Å². The van der Waals surface area contributed by atoms with Gasteiger partial charge in [-0.1, -0.05) is 20.8 Å². The Kier molecular flexibility index (Phi) is 22.6. The number of nitrogens with one attached hydrogen (secondary N) is 3. The van der Waals surface area contributed by atoms with Gasteiger partial charge < -0.3 is 4.70 Å². The Bertz CT molecular complexity index is 90.3. The highest BCUT2D eigenvalue weighted by molar-refractivity contribution is 7.91. The minimum absolute atomic E-state index is 0. The topological polar surface area (TPSA) is 36.1 Å². The van der Waals surface area contributed by atoms with Crippen molar-refractivity contribution in [3.63, 3.8) is 0 Å². The summed E-state index contributed by atoms with van der Waals surface area (Å²) in [5.74, 6) is 0. The van der Waals surface area contributed by atoms with Crippen LogP contribution >= 0.6 is 0 Å². The van der Waals surface area contributed by atoms with Crippen LogP contribution in [0, 0.1) is 0 Å². The lowest BCUT2D eigenvalue weighted by Crippen LogP contribution is -3.00. The van der Waals surface area contributed by atoms with Crippen molar-refractivity contribution in [1.29, 1.82) is 0 Å². The molecule has 3 nitrogen and oxygen atoms in total. The molecular formula is C9H25F2N3S. The van der Waals surface area contributed by atoms with E-state index in [1.807, 2.05) is 0 Å². The molecule has 0 amide bonds. The molecule has 3 N–H and O–H groups in total. The average molecular weight is 245 g/mol. The molecule has 0 aromatic rings. The fourth-order valence-corrected chi connectivity index (χ4v) is 2.30. The van der Waals surface area contributed by atoms with Crippen molar-refractivity contribution in [2.24, 2.45) is 0 Å². The Morgan fingerprint density at radius 1 is 0.733 bits per heavy atom. The van der Waals surface area contributed by atoms with Gasteiger partial charge in [-0.15, -0.1) is 14.2 Å². The zero-order chi connectivity index (χ0) is 9.94. The van der Waals surface area contributed by atoms with Crippen LogP contribution in [0.1, 0.15) is 40.0 Å². The van der Waals surface area contributed by atoms with Gasteiger partial charge in [0, 0.05) is 19.6 Å². The Morgan fingerprint density at radius 3 is 1.20 bits per heavy atom. The molecule has 0 aliphatic heterocycles. The molecular weight excluding hydrogens is 220 g/mol. The van der Waals surface area contributed by atoms with E-state index in [4.69, 9.17) is 0 Å². The third-order valence-corrected chi connectivity index (χ3v) is 2.97. The largest absolute Gasteiger partial charge is 1.00 e. The number of rotatable bonds is 9. The molecule has 0 heterocycles. The molecule has 0 aromatic carbocycles.